The summed E-state index contributed by atoms with van der Waals surface area (Å²) in [5.41, 5.74) is 22.4. The van der Waals surface area contributed by atoms with E-state index in [2.05, 4.69) is 4.98 Å². The third kappa shape index (κ3) is 3.63. The van der Waals surface area contributed by atoms with Gasteiger partial charge in [-0.2, -0.15) is 0 Å². The first-order valence-corrected chi connectivity index (χ1v) is 2.68. The molecule has 1 rings (SSSR count). The van der Waals surface area contributed by atoms with Crippen LogP contribution >= 0.6 is 37.2 Å². The molecule has 0 saturated heterocycles. The number of rotatable bonds is 0. The molecule has 0 aromatic carbocycles. The number of anilines is 4. The van der Waals surface area contributed by atoms with Gasteiger partial charge in [0.15, 0.2) is 0 Å². The average molecular weight is 249 g/mol. The fraction of sp³-hybridized carbons (Fsp3) is 0. The summed E-state index contributed by atoms with van der Waals surface area (Å²) in [7, 11) is 0. The molecular weight excluding hydrogens is 236 g/mol. The molecule has 0 spiro atoms. The van der Waals surface area contributed by atoms with E-state index in [-0.39, 0.29) is 48.7 Å². The highest BCUT2D eigenvalue weighted by atomic mass is 35.5. The van der Waals surface area contributed by atoms with E-state index in [1.165, 1.54) is 6.20 Å². The first-order chi connectivity index (χ1) is 4.63. The van der Waals surface area contributed by atoms with Gasteiger partial charge in [-0.25, -0.2) is 4.98 Å². The van der Waals surface area contributed by atoms with E-state index in [0.717, 1.165) is 0 Å². The molecule has 78 valence electrons. The Morgan fingerprint density at radius 1 is 0.846 bits per heavy atom. The van der Waals surface area contributed by atoms with Gasteiger partial charge in [-0.15, -0.1) is 37.2 Å². The van der Waals surface area contributed by atoms with Crippen LogP contribution in [0.25, 0.3) is 0 Å². The van der Waals surface area contributed by atoms with E-state index in [9.17, 15) is 0 Å². The van der Waals surface area contributed by atoms with Crippen molar-refractivity contribution < 1.29 is 0 Å². The van der Waals surface area contributed by atoms with Crippen molar-refractivity contribution in [2.24, 2.45) is 0 Å². The molecule has 8 heteroatoms. The van der Waals surface area contributed by atoms with Crippen LogP contribution in [0.1, 0.15) is 0 Å². The molecule has 0 amide bonds. The van der Waals surface area contributed by atoms with Crippen molar-refractivity contribution in [3.8, 4) is 0 Å². The number of aromatic nitrogens is 1. The van der Waals surface area contributed by atoms with Gasteiger partial charge in [0.1, 0.15) is 5.82 Å². The molecule has 5 nitrogen and oxygen atoms in total. The maximum atomic E-state index is 5.41. The summed E-state index contributed by atoms with van der Waals surface area (Å²) < 4.78 is 0. The van der Waals surface area contributed by atoms with Gasteiger partial charge >= 0.3 is 0 Å². The zero-order valence-corrected chi connectivity index (χ0v) is 9.01. The van der Waals surface area contributed by atoms with Crippen LogP contribution in [0.2, 0.25) is 0 Å². The maximum Gasteiger partial charge on any atom is 0.148 e. The average Bonchev–Trinajstić information content (AvgIpc) is 1.93. The molecule has 0 saturated carbocycles. The van der Waals surface area contributed by atoms with Crippen LogP contribution in [-0.2, 0) is 0 Å². The topological polar surface area (TPSA) is 117 Å². The first kappa shape index (κ1) is 18.1. The third-order valence-corrected chi connectivity index (χ3v) is 1.22. The lowest BCUT2D eigenvalue weighted by Crippen LogP contribution is -2.05. The standard InChI is InChI=1S/C5H9N5.3ClH/c6-2-1-10-5(9)4(8)3(2)7;;;/h1H,6,8H2,(H4,7,9,10);3*1H. The number of nitrogens with two attached hydrogens (primary N) is 4. The van der Waals surface area contributed by atoms with Gasteiger partial charge < -0.3 is 22.9 Å². The molecule has 1 heterocycles. The van der Waals surface area contributed by atoms with Crippen LogP contribution in [-0.4, -0.2) is 4.98 Å². The molecular formula is C5H12Cl3N5. The Morgan fingerprint density at radius 2 is 1.31 bits per heavy atom. The Balaban J connectivity index is -0.000000333. The van der Waals surface area contributed by atoms with Crippen LogP contribution in [0.15, 0.2) is 6.20 Å². The highest BCUT2D eigenvalue weighted by molar-refractivity contribution is 5.86. The second-order valence-corrected chi connectivity index (χ2v) is 1.93. The van der Waals surface area contributed by atoms with Gasteiger partial charge in [-0.05, 0) is 0 Å². The lowest BCUT2D eigenvalue weighted by atomic mass is 10.3. The third-order valence-electron chi connectivity index (χ3n) is 1.22. The Hall–Kier alpha value is -0.780. The van der Waals surface area contributed by atoms with Crippen molar-refractivity contribution in [2.45, 2.75) is 0 Å². The van der Waals surface area contributed by atoms with E-state index in [1.807, 2.05) is 0 Å². The fourth-order valence-electron chi connectivity index (χ4n) is 0.572. The lowest BCUT2D eigenvalue weighted by molar-refractivity contribution is 1.34. The molecule has 13 heavy (non-hydrogen) atoms. The molecule has 0 aliphatic carbocycles. The Bertz CT molecular complexity index is 240. The van der Waals surface area contributed by atoms with Crippen molar-refractivity contribution in [1.29, 1.82) is 0 Å². The molecule has 0 bridgehead atoms. The largest absolute Gasteiger partial charge is 0.396 e. The second kappa shape index (κ2) is 6.71. The molecule has 0 aliphatic rings. The Kier molecular flexibility index (Phi) is 9.33. The molecule has 0 radical (unpaired) electrons. The molecule has 8 N–H and O–H groups in total. The normalized spacial score (nSPS) is 7.38. The predicted octanol–water partition coefficient (Wildman–Crippen LogP) is 0.676. The minimum atomic E-state index is 0. The summed E-state index contributed by atoms with van der Waals surface area (Å²) >= 11 is 0. The van der Waals surface area contributed by atoms with E-state index in [4.69, 9.17) is 22.9 Å². The number of hydrogen-bond acceptors (Lipinski definition) is 5. The molecule has 0 atom stereocenters. The van der Waals surface area contributed by atoms with E-state index in [0.29, 0.717) is 11.4 Å². The minimum Gasteiger partial charge on any atom is -0.396 e. The van der Waals surface area contributed by atoms with Gasteiger partial charge in [0.05, 0.1) is 23.3 Å². The highest BCUT2D eigenvalue weighted by Crippen LogP contribution is 2.24. The summed E-state index contributed by atoms with van der Waals surface area (Å²) in [6.07, 6.45) is 1.38. The minimum absolute atomic E-state index is 0. The summed E-state index contributed by atoms with van der Waals surface area (Å²) in [5, 5.41) is 0. The van der Waals surface area contributed by atoms with E-state index in [1.54, 1.807) is 0 Å². The lowest BCUT2D eigenvalue weighted by Gasteiger charge is -2.04. The van der Waals surface area contributed by atoms with E-state index < -0.39 is 0 Å². The first-order valence-electron chi connectivity index (χ1n) is 2.68. The number of nitrogen functional groups attached to an aromatic ring is 4. The zero-order chi connectivity index (χ0) is 7.72. The van der Waals surface area contributed by atoms with Crippen LogP contribution in [0, 0.1) is 0 Å². The van der Waals surface area contributed by atoms with Gasteiger partial charge in [0.25, 0.3) is 0 Å². The number of nitrogens with zero attached hydrogens (tertiary/aromatic N) is 1. The summed E-state index contributed by atoms with van der Waals surface area (Å²) in [5.74, 6) is 0.215. The van der Waals surface area contributed by atoms with Crippen molar-refractivity contribution in [1.82, 2.24) is 4.98 Å². The maximum absolute atomic E-state index is 5.41. The monoisotopic (exact) mass is 247 g/mol. The molecule has 1 aromatic heterocycles. The summed E-state index contributed by atoms with van der Waals surface area (Å²) in [6, 6.07) is 0. The summed E-state index contributed by atoms with van der Waals surface area (Å²) in [4.78, 5) is 3.69. The Morgan fingerprint density at radius 3 is 1.69 bits per heavy atom. The second-order valence-electron chi connectivity index (χ2n) is 1.93. The van der Waals surface area contributed by atoms with Crippen molar-refractivity contribution in [3.05, 3.63) is 6.20 Å². The molecule has 1 aromatic rings. The smallest absolute Gasteiger partial charge is 0.148 e. The number of pyridine rings is 1. The SMILES string of the molecule is Cl.Cl.Cl.Nc1cnc(N)c(N)c1N. The van der Waals surface area contributed by atoms with Gasteiger partial charge in [-0.1, -0.05) is 0 Å². The summed E-state index contributed by atoms with van der Waals surface area (Å²) in [6.45, 7) is 0. The molecule has 0 aliphatic heterocycles. The van der Waals surface area contributed by atoms with Gasteiger partial charge in [-0.3, -0.25) is 0 Å². The van der Waals surface area contributed by atoms with Crippen LogP contribution < -0.4 is 22.9 Å². The Labute approximate surface area is 94.5 Å². The van der Waals surface area contributed by atoms with Crippen molar-refractivity contribution in [3.63, 3.8) is 0 Å². The van der Waals surface area contributed by atoms with E-state index >= 15 is 0 Å². The zero-order valence-electron chi connectivity index (χ0n) is 6.56. The predicted molar refractivity (Wildman–Crippen MR) is 63.6 cm³/mol. The van der Waals surface area contributed by atoms with Crippen molar-refractivity contribution in [2.75, 3.05) is 22.9 Å². The number of halogens is 3. The van der Waals surface area contributed by atoms with Crippen LogP contribution in [0.4, 0.5) is 22.9 Å². The van der Waals surface area contributed by atoms with Gasteiger partial charge in [0, 0.05) is 0 Å². The number of hydrogen-bond donors (Lipinski definition) is 4. The van der Waals surface area contributed by atoms with Crippen molar-refractivity contribution >= 4 is 60.1 Å². The van der Waals surface area contributed by atoms with Crippen LogP contribution in [0.3, 0.4) is 0 Å². The highest BCUT2D eigenvalue weighted by Gasteiger charge is 2.02. The quantitative estimate of drug-likeness (QED) is 0.538. The molecule has 0 unspecified atom stereocenters. The van der Waals surface area contributed by atoms with Gasteiger partial charge in [0.2, 0.25) is 0 Å². The molecule has 0 fully saturated rings. The fourth-order valence-corrected chi connectivity index (χ4v) is 0.572. The van der Waals surface area contributed by atoms with Crippen LogP contribution in [0.5, 0.6) is 0 Å².